The van der Waals surface area contributed by atoms with Gasteiger partial charge in [-0.05, 0) is 25.3 Å². The third-order valence-corrected chi connectivity index (χ3v) is 7.08. The fraction of sp³-hybridized carbons (Fsp3) is 0.333. The number of hydrogen-bond acceptors (Lipinski definition) is 7. The van der Waals surface area contributed by atoms with E-state index >= 15 is 0 Å². The fourth-order valence-corrected chi connectivity index (χ4v) is 5.26. The monoisotopic (exact) mass is 489 g/mol. The molecule has 3 aliphatic rings. The summed E-state index contributed by atoms with van der Waals surface area (Å²) in [7, 11) is 0. The zero-order valence-electron chi connectivity index (χ0n) is 19.2. The number of nitrogens with one attached hydrogen (secondary N) is 2. The smallest absolute Gasteiger partial charge is 0.407 e. The van der Waals surface area contributed by atoms with Gasteiger partial charge >= 0.3 is 6.09 Å². The Morgan fingerprint density at radius 1 is 1.11 bits per heavy atom. The van der Waals surface area contributed by atoms with Crippen molar-refractivity contribution in [3.63, 3.8) is 0 Å². The molecule has 12 nitrogen and oxygen atoms in total. The van der Waals surface area contributed by atoms with Crippen molar-refractivity contribution in [2.24, 2.45) is 0 Å². The van der Waals surface area contributed by atoms with E-state index in [0.717, 1.165) is 11.1 Å². The maximum absolute atomic E-state index is 13.3. The number of likely N-dealkylation sites (tertiary alicyclic amines) is 1. The van der Waals surface area contributed by atoms with Crippen LogP contribution in [0.5, 0.6) is 0 Å². The van der Waals surface area contributed by atoms with Gasteiger partial charge in [-0.25, -0.2) is 9.78 Å². The zero-order valence-corrected chi connectivity index (χ0v) is 19.2. The number of carbonyl (C=O) groups excluding carboxylic acids is 3. The molecular formula is C24H23N7O5. The van der Waals surface area contributed by atoms with E-state index in [9.17, 15) is 19.2 Å². The highest BCUT2D eigenvalue weighted by atomic mass is 16.4. The van der Waals surface area contributed by atoms with Gasteiger partial charge < -0.3 is 15.3 Å². The van der Waals surface area contributed by atoms with Gasteiger partial charge in [-0.15, -0.1) is 0 Å². The number of carboxylic acid groups (broad SMARTS) is 1. The van der Waals surface area contributed by atoms with Gasteiger partial charge in [-0.2, -0.15) is 5.10 Å². The molecule has 5 heterocycles. The van der Waals surface area contributed by atoms with Crippen LogP contribution in [-0.4, -0.2) is 67.7 Å². The van der Waals surface area contributed by atoms with Crippen molar-refractivity contribution in [1.82, 2.24) is 25.0 Å². The van der Waals surface area contributed by atoms with Crippen LogP contribution in [0.2, 0.25) is 0 Å². The van der Waals surface area contributed by atoms with Gasteiger partial charge in [0.2, 0.25) is 11.8 Å². The summed E-state index contributed by atoms with van der Waals surface area (Å²) >= 11 is 0. The number of benzene rings is 1. The van der Waals surface area contributed by atoms with Crippen LogP contribution in [0.3, 0.4) is 0 Å². The molecule has 36 heavy (non-hydrogen) atoms. The number of aromatic nitrogens is 3. The predicted octanol–water partition coefficient (Wildman–Crippen LogP) is 2.26. The Kier molecular flexibility index (Phi) is 5.09. The molecule has 2 saturated heterocycles. The summed E-state index contributed by atoms with van der Waals surface area (Å²) in [6, 6.07) is 4.72. The van der Waals surface area contributed by atoms with Crippen LogP contribution in [0, 0.1) is 0 Å². The number of hydrogen-bond donors (Lipinski definition) is 3. The molecule has 0 bridgehead atoms. The van der Waals surface area contributed by atoms with Gasteiger partial charge in [0.25, 0.3) is 5.91 Å². The molecule has 12 heteroatoms. The molecule has 2 fully saturated rings. The lowest BCUT2D eigenvalue weighted by molar-refractivity contribution is -0.134. The molecule has 1 atom stereocenters. The van der Waals surface area contributed by atoms with Crippen LogP contribution >= 0.6 is 0 Å². The van der Waals surface area contributed by atoms with Crippen LogP contribution in [0.25, 0.3) is 10.8 Å². The Morgan fingerprint density at radius 3 is 2.67 bits per heavy atom. The first-order valence-electron chi connectivity index (χ1n) is 11.8. The number of rotatable bonds is 4. The van der Waals surface area contributed by atoms with E-state index in [4.69, 9.17) is 5.11 Å². The average molecular weight is 489 g/mol. The van der Waals surface area contributed by atoms with E-state index in [-0.39, 0.29) is 30.7 Å². The zero-order chi connectivity index (χ0) is 25.0. The van der Waals surface area contributed by atoms with E-state index in [2.05, 4.69) is 20.7 Å². The van der Waals surface area contributed by atoms with Crippen LogP contribution in [-0.2, 0) is 9.59 Å². The fourth-order valence-electron chi connectivity index (χ4n) is 5.26. The van der Waals surface area contributed by atoms with Crippen molar-refractivity contribution in [2.45, 2.75) is 37.8 Å². The van der Waals surface area contributed by atoms with Gasteiger partial charge in [0, 0.05) is 36.5 Å². The largest absolute Gasteiger partial charge is 0.465 e. The van der Waals surface area contributed by atoms with Gasteiger partial charge in [-0.1, -0.05) is 12.1 Å². The van der Waals surface area contributed by atoms with E-state index < -0.39 is 18.0 Å². The van der Waals surface area contributed by atoms with E-state index in [1.54, 1.807) is 24.5 Å². The van der Waals surface area contributed by atoms with E-state index in [0.29, 0.717) is 48.4 Å². The van der Waals surface area contributed by atoms with Gasteiger partial charge in [0.05, 0.1) is 35.4 Å². The number of pyridine rings is 1. The topological polar surface area (TPSA) is 150 Å². The van der Waals surface area contributed by atoms with Crippen molar-refractivity contribution in [1.29, 1.82) is 0 Å². The van der Waals surface area contributed by atoms with Crippen molar-refractivity contribution < 1.29 is 24.3 Å². The molecule has 0 aliphatic carbocycles. The summed E-state index contributed by atoms with van der Waals surface area (Å²) in [5.74, 6) is -0.737. The second-order valence-electron chi connectivity index (χ2n) is 9.20. The molecule has 2 aromatic heterocycles. The Morgan fingerprint density at radius 2 is 1.92 bits per heavy atom. The Labute approximate surface area is 204 Å². The Bertz CT molecular complexity index is 1430. The molecule has 4 amide bonds. The van der Waals surface area contributed by atoms with E-state index in [1.165, 1.54) is 9.80 Å². The number of carbonyl (C=O) groups is 4. The van der Waals surface area contributed by atoms with E-state index in [1.807, 2.05) is 16.9 Å². The quantitative estimate of drug-likeness (QED) is 0.473. The highest BCUT2D eigenvalue weighted by Gasteiger charge is 2.41. The highest BCUT2D eigenvalue weighted by Crippen LogP contribution is 2.41. The lowest BCUT2D eigenvalue weighted by Gasteiger charge is -2.30. The maximum Gasteiger partial charge on any atom is 0.407 e. The third-order valence-electron chi connectivity index (χ3n) is 7.08. The maximum atomic E-state index is 13.3. The molecule has 0 radical (unpaired) electrons. The van der Waals surface area contributed by atoms with Crippen molar-refractivity contribution >= 4 is 51.8 Å². The Hall–Kier alpha value is -4.48. The lowest BCUT2D eigenvalue weighted by Crippen LogP contribution is -2.53. The molecule has 1 aromatic carbocycles. The van der Waals surface area contributed by atoms with Crippen molar-refractivity contribution in [2.75, 3.05) is 23.3 Å². The van der Waals surface area contributed by atoms with Gasteiger partial charge in [0.1, 0.15) is 11.9 Å². The van der Waals surface area contributed by atoms with Crippen molar-refractivity contribution in [3.05, 3.63) is 42.4 Å². The molecule has 1 unspecified atom stereocenters. The molecule has 3 N–H and O–H groups in total. The van der Waals surface area contributed by atoms with Gasteiger partial charge in [-0.3, -0.25) is 29.3 Å². The standard InChI is InChI=1S/C24H23N7O5/c32-19-5-4-18(22(33)28-19)31-21-20-15(2-1-3-16(20)23(31)34)17(11-25-21)27-13-10-26-30(12-13)14-6-8-29(9-7-14)24(35)36/h1-3,10-12,14,18,27H,4-9H2,(H,35,36)(H,28,32,33). The molecule has 3 aromatic rings. The molecule has 184 valence electrons. The summed E-state index contributed by atoms with van der Waals surface area (Å²) in [5.41, 5.74) is 1.89. The number of piperidine rings is 2. The van der Waals surface area contributed by atoms with Crippen LogP contribution in [0.4, 0.5) is 22.0 Å². The number of nitrogens with zero attached hydrogens (tertiary/aromatic N) is 5. The molecular weight excluding hydrogens is 466 g/mol. The minimum Gasteiger partial charge on any atom is -0.465 e. The highest BCUT2D eigenvalue weighted by molar-refractivity contribution is 6.27. The average Bonchev–Trinajstić information content (AvgIpc) is 3.45. The first-order valence-corrected chi connectivity index (χ1v) is 11.8. The molecule has 3 aliphatic heterocycles. The van der Waals surface area contributed by atoms with Crippen molar-refractivity contribution in [3.8, 4) is 0 Å². The SMILES string of the molecule is O=C1CCC(N2C(=O)c3cccc4c(Nc5cnn(C6CCN(C(=O)O)CC6)c5)cnc2c34)C(=O)N1. The molecule has 0 saturated carbocycles. The minimum absolute atomic E-state index is 0.113. The Balaban J connectivity index is 1.27. The van der Waals surface area contributed by atoms with Gasteiger partial charge in [0.15, 0.2) is 0 Å². The third kappa shape index (κ3) is 3.53. The molecule has 6 rings (SSSR count). The number of anilines is 3. The first kappa shape index (κ1) is 22.0. The number of amides is 4. The summed E-state index contributed by atoms with van der Waals surface area (Å²) in [4.78, 5) is 55.9. The number of imide groups is 1. The first-order chi connectivity index (χ1) is 17.4. The summed E-state index contributed by atoms with van der Waals surface area (Å²) in [5, 5.41) is 20.7. The summed E-state index contributed by atoms with van der Waals surface area (Å²) < 4.78 is 1.85. The summed E-state index contributed by atoms with van der Waals surface area (Å²) in [6.07, 6.45) is 6.10. The second kappa shape index (κ2) is 8.33. The van der Waals surface area contributed by atoms with Crippen LogP contribution in [0.1, 0.15) is 42.1 Å². The second-order valence-corrected chi connectivity index (χ2v) is 9.20. The van der Waals surface area contributed by atoms with Crippen LogP contribution in [0.15, 0.2) is 36.8 Å². The van der Waals surface area contributed by atoms with Crippen LogP contribution < -0.4 is 15.5 Å². The predicted molar refractivity (Wildman–Crippen MR) is 128 cm³/mol. The molecule has 0 spiro atoms. The summed E-state index contributed by atoms with van der Waals surface area (Å²) in [6.45, 7) is 0.943. The minimum atomic E-state index is -0.898. The normalized spacial score (nSPS) is 20.2. The lowest BCUT2D eigenvalue weighted by atomic mass is 10.0.